The highest BCUT2D eigenvalue weighted by molar-refractivity contribution is 6.29. The van der Waals surface area contributed by atoms with Crippen LogP contribution in [0.15, 0.2) is 12.3 Å². The van der Waals surface area contributed by atoms with E-state index in [-0.39, 0.29) is 0 Å². The van der Waals surface area contributed by atoms with Crippen LogP contribution in [0, 0.1) is 0 Å². The largest absolute Gasteiger partial charge is 0.530 e. The lowest BCUT2D eigenvalue weighted by atomic mass is 10.3. The van der Waals surface area contributed by atoms with Gasteiger partial charge in [-0.15, -0.1) is 0 Å². The van der Waals surface area contributed by atoms with Crippen molar-refractivity contribution in [1.82, 2.24) is 14.9 Å². The lowest BCUT2D eigenvalue weighted by molar-refractivity contribution is -0.265. The van der Waals surface area contributed by atoms with Crippen molar-refractivity contribution in [3.63, 3.8) is 0 Å². The third-order valence-electron chi connectivity index (χ3n) is 2.43. The van der Waals surface area contributed by atoms with Gasteiger partial charge < -0.3 is 19.7 Å². The molecule has 0 radical (unpaired) electrons. The maximum absolute atomic E-state index is 10.6. The quantitative estimate of drug-likeness (QED) is 0.626. The van der Waals surface area contributed by atoms with E-state index in [0.29, 0.717) is 37.3 Å². The second-order valence-electron chi connectivity index (χ2n) is 3.42. The van der Waals surface area contributed by atoms with Gasteiger partial charge in [0.25, 0.3) is 0 Å². The van der Waals surface area contributed by atoms with Crippen molar-refractivity contribution in [2.45, 2.75) is 0 Å². The monoisotopic (exact) mass is 241 g/mol. The molecular formula is C9H10ClN4O2-. The average molecular weight is 242 g/mol. The van der Waals surface area contributed by atoms with Crippen LogP contribution in [0.2, 0.25) is 5.15 Å². The predicted molar refractivity (Wildman–Crippen MR) is 56.2 cm³/mol. The molecule has 0 aliphatic carbocycles. The Morgan fingerprint density at radius 1 is 1.38 bits per heavy atom. The minimum atomic E-state index is -1.13. The van der Waals surface area contributed by atoms with Crippen LogP contribution in [-0.2, 0) is 0 Å². The molecule has 0 atom stereocenters. The standard InChI is InChI=1S/C9H11ClN4O2/c10-7-1-2-11-8(12-7)13-3-5-14(6-4-13)9(15)16/h1-2H,3-6H2,(H,15,16)/p-1. The van der Waals surface area contributed by atoms with Gasteiger partial charge in [0, 0.05) is 32.4 Å². The second-order valence-corrected chi connectivity index (χ2v) is 3.81. The Balaban J connectivity index is 2.01. The third kappa shape index (κ3) is 2.33. The molecule has 0 spiro atoms. The lowest BCUT2D eigenvalue weighted by Crippen LogP contribution is -2.53. The van der Waals surface area contributed by atoms with E-state index in [9.17, 15) is 9.90 Å². The number of nitrogens with zero attached hydrogens (tertiary/aromatic N) is 4. The number of halogens is 1. The second kappa shape index (κ2) is 4.52. The summed E-state index contributed by atoms with van der Waals surface area (Å²) in [5.41, 5.74) is 0. The maximum Gasteiger partial charge on any atom is 0.226 e. The van der Waals surface area contributed by atoms with Gasteiger partial charge in [-0.25, -0.2) is 9.97 Å². The van der Waals surface area contributed by atoms with Crippen molar-refractivity contribution in [3.8, 4) is 0 Å². The normalized spacial score (nSPS) is 16.3. The number of amides is 1. The van der Waals surface area contributed by atoms with Gasteiger partial charge in [0.2, 0.25) is 5.95 Å². The van der Waals surface area contributed by atoms with Crippen LogP contribution >= 0.6 is 11.6 Å². The Morgan fingerprint density at radius 3 is 2.62 bits per heavy atom. The molecule has 6 nitrogen and oxygen atoms in total. The SMILES string of the molecule is O=C([O-])N1CCN(c2nccc(Cl)n2)CC1. The smallest absolute Gasteiger partial charge is 0.226 e. The van der Waals surface area contributed by atoms with Gasteiger partial charge in [-0.1, -0.05) is 11.6 Å². The van der Waals surface area contributed by atoms with Gasteiger partial charge >= 0.3 is 0 Å². The fourth-order valence-corrected chi connectivity index (χ4v) is 1.70. The van der Waals surface area contributed by atoms with E-state index >= 15 is 0 Å². The number of aromatic nitrogens is 2. The number of rotatable bonds is 1. The molecule has 0 unspecified atom stereocenters. The summed E-state index contributed by atoms with van der Waals surface area (Å²) < 4.78 is 0. The fourth-order valence-electron chi connectivity index (χ4n) is 1.57. The first-order valence-electron chi connectivity index (χ1n) is 4.86. The molecule has 1 fully saturated rings. The lowest BCUT2D eigenvalue weighted by Gasteiger charge is -2.36. The number of carbonyl (C=O) groups excluding carboxylic acids is 1. The number of hydrogen-bond donors (Lipinski definition) is 0. The molecule has 86 valence electrons. The van der Waals surface area contributed by atoms with Gasteiger partial charge in [-0.05, 0) is 6.07 Å². The van der Waals surface area contributed by atoms with E-state index in [0.717, 1.165) is 0 Å². The van der Waals surface area contributed by atoms with Crippen molar-refractivity contribution in [2.75, 3.05) is 31.1 Å². The zero-order valence-electron chi connectivity index (χ0n) is 8.47. The first-order valence-corrected chi connectivity index (χ1v) is 5.24. The predicted octanol–water partition coefficient (Wildman–Crippen LogP) is -0.405. The van der Waals surface area contributed by atoms with Crippen LogP contribution in [0.25, 0.3) is 0 Å². The van der Waals surface area contributed by atoms with Crippen LogP contribution in [0.5, 0.6) is 0 Å². The van der Waals surface area contributed by atoms with Crippen LogP contribution in [0.4, 0.5) is 10.7 Å². The molecule has 2 rings (SSSR count). The molecule has 7 heteroatoms. The molecular weight excluding hydrogens is 232 g/mol. The maximum atomic E-state index is 10.6. The molecule has 2 heterocycles. The first-order chi connectivity index (χ1) is 7.66. The summed E-state index contributed by atoms with van der Waals surface area (Å²) in [6.45, 7) is 1.90. The molecule has 1 aliphatic rings. The van der Waals surface area contributed by atoms with E-state index < -0.39 is 6.09 Å². The van der Waals surface area contributed by atoms with Gasteiger partial charge in [0.05, 0.1) is 0 Å². The van der Waals surface area contributed by atoms with Crippen molar-refractivity contribution < 1.29 is 9.90 Å². The Bertz CT molecular complexity index is 393. The van der Waals surface area contributed by atoms with E-state index in [1.54, 1.807) is 12.3 Å². The third-order valence-corrected chi connectivity index (χ3v) is 2.64. The van der Waals surface area contributed by atoms with Crippen molar-refractivity contribution in [3.05, 3.63) is 17.4 Å². The van der Waals surface area contributed by atoms with Crippen molar-refractivity contribution in [1.29, 1.82) is 0 Å². The molecule has 1 saturated heterocycles. The highest BCUT2D eigenvalue weighted by Gasteiger charge is 2.18. The summed E-state index contributed by atoms with van der Waals surface area (Å²) in [4.78, 5) is 21.9. The zero-order chi connectivity index (χ0) is 11.5. The van der Waals surface area contributed by atoms with Gasteiger partial charge in [-0.3, -0.25) is 0 Å². The first kappa shape index (κ1) is 10.9. The summed E-state index contributed by atoms with van der Waals surface area (Å²) in [7, 11) is 0. The van der Waals surface area contributed by atoms with E-state index in [4.69, 9.17) is 11.6 Å². The van der Waals surface area contributed by atoms with Crippen molar-refractivity contribution >= 4 is 23.6 Å². The van der Waals surface area contributed by atoms with Gasteiger partial charge in [-0.2, -0.15) is 0 Å². The molecule has 1 aromatic heterocycles. The summed E-state index contributed by atoms with van der Waals surface area (Å²) in [5, 5.41) is 11.0. The fraction of sp³-hybridized carbons (Fsp3) is 0.444. The highest BCUT2D eigenvalue weighted by atomic mass is 35.5. The molecule has 16 heavy (non-hydrogen) atoms. The van der Waals surface area contributed by atoms with E-state index in [2.05, 4.69) is 9.97 Å². The molecule has 0 N–H and O–H groups in total. The molecule has 0 aromatic carbocycles. The summed E-state index contributed by atoms with van der Waals surface area (Å²) in [6, 6.07) is 1.60. The number of carboxylic acid groups (broad SMARTS) is 1. The zero-order valence-corrected chi connectivity index (χ0v) is 9.22. The molecule has 0 saturated carbocycles. The molecule has 1 aliphatic heterocycles. The van der Waals surface area contributed by atoms with Crippen molar-refractivity contribution in [2.24, 2.45) is 0 Å². The van der Waals surface area contributed by atoms with Crippen LogP contribution in [0.1, 0.15) is 0 Å². The number of anilines is 1. The Morgan fingerprint density at radius 2 is 2.06 bits per heavy atom. The topological polar surface area (TPSA) is 72.4 Å². The van der Waals surface area contributed by atoms with E-state index in [1.165, 1.54) is 4.90 Å². The highest BCUT2D eigenvalue weighted by Crippen LogP contribution is 2.13. The molecule has 1 aromatic rings. The molecule has 0 bridgehead atoms. The Hall–Kier alpha value is -1.56. The van der Waals surface area contributed by atoms with Crippen LogP contribution in [-0.4, -0.2) is 47.1 Å². The number of hydrogen-bond acceptors (Lipinski definition) is 5. The van der Waals surface area contributed by atoms with E-state index in [1.807, 2.05) is 4.90 Å². The minimum Gasteiger partial charge on any atom is -0.530 e. The van der Waals surface area contributed by atoms with Gasteiger partial charge in [0.1, 0.15) is 11.2 Å². The van der Waals surface area contributed by atoms with Crippen LogP contribution < -0.4 is 10.0 Å². The summed E-state index contributed by atoms with van der Waals surface area (Å²) >= 11 is 5.75. The number of piperazine rings is 1. The summed E-state index contributed by atoms with van der Waals surface area (Å²) in [6.07, 6.45) is 0.446. The number of carbonyl (C=O) groups is 1. The Kier molecular flexibility index (Phi) is 3.09. The van der Waals surface area contributed by atoms with Gasteiger partial charge in [0.15, 0.2) is 0 Å². The Labute approximate surface area is 97.5 Å². The van der Waals surface area contributed by atoms with Crippen LogP contribution in [0.3, 0.4) is 0 Å². The summed E-state index contributed by atoms with van der Waals surface area (Å²) in [5.74, 6) is 0.533. The molecule has 1 amide bonds. The minimum absolute atomic E-state index is 0.382. The average Bonchev–Trinajstić information content (AvgIpc) is 2.29.